The lowest BCUT2D eigenvalue weighted by molar-refractivity contribution is -0.134. The third-order valence-corrected chi connectivity index (χ3v) is 5.63. The monoisotopic (exact) mass is 484 g/mol. The topological polar surface area (TPSA) is 85.3 Å². The zero-order valence-electron chi connectivity index (χ0n) is 18.2. The molecule has 2 aromatic heterocycles. The molecule has 0 spiro atoms. The van der Waals surface area contributed by atoms with Gasteiger partial charge < -0.3 is 13.7 Å². The minimum absolute atomic E-state index is 0.0494. The average Bonchev–Trinajstić information content (AvgIpc) is 3.46. The molecule has 0 atom stereocenters. The number of carbonyl (C=O) groups excluding carboxylic acids is 1. The second-order valence-electron chi connectivity index (χ2n) is 7.72. The summed E-state index contributed by atoms with van der Waals surface area (Å²) in [6.07, 6.45) is 2.23. The Morgan fingerprint density at radius 1 is 1.00 bits per heavy atom. The molecular weight excluding hydrogens is 463 g/mol. The summed E-state index contributed by atoms with van der Waals surface area (Å²) in [6.45, 7) is 4.09. The van der Waals surface area contributed by atoms with Gasteiger partial charge in [-0.05, 0) is 50.2 Å². The maximum absolute atomic E-state index is 12.9. The van der Waals surface area contributed by atoms with Gasteiger partial charge in [0.05, 0.1) is 17.8 Å². The van der Waals surface area contributed by atoms with Gasteiger partial charge in [-0.2, -0.15) is 0 Å². The van der Waals surface area contributed by atoms with E-state index in [2.05, 4.69) is 15.2 Å². The second kappa shape index (κ2) is 10.2. The zero-order chi connectivity index (χ0) is 23.4. The van der Waals surface area contributed by atoms with Gasteiger partial charge in [-0.3, -0.25) is 4.79 Å². The van der Waals surface area contributed by atoms with E-state index in [4.69, 9.17) is 32.0 Å². The number of halogens is 2. The number of benzene rings is 2. The van der Waals surface area contributed by atoms with E-state index < -0.39 is 0 Å². The minimum atomic E-state index is -0.0614. The smallest absolute Gasteiger partial charge is 0.247 e. The average molecular weight is 485 g/mol. The first-order valence-corrected chi connectivity index (χ1v) is 11.2. The normalized spacial score (nSPS) is 11.2. The van der Waals surface area contributed by atoms with Gasteiger partial charge in [-0.25, -0.2) is 4.98 Å². The summed E-state index contributed by atoms with van der Waals surface area (Å²) in [5.41, 5.74) is 1.53. The highest BCUT2D eigenvalue weighted by Crippen LogP contribution is 2.28. The molecule has 170 valence electrons. The molecule has 0 fully saturated rings. The lowest BCUT2D eigenvalue weighted by atomic mass is 10.2. The van der Waals surface area contributed by atoms with Crippen molar-refractivity contribution in [3.8, 4) is 22.8 Å². The van der Waals surface area contributed by atoms with E-state index in [9.17, 15) is 4.79 Å². The Labute approximate surface area is 201 Å². The largest absolute Gasteiger partial charge is 0.441 e. The van der Waals surface area contributed by atoms with E-state index in [1.54, 1.807) is 41.4 Å². The number of hydrogen-bond donors (Lipinski definition) is 0. The van der Waals surface area contributed by atoms with Gasteiger partial charge in [0.25, 0.3) is 0 Å². The van der Waals surface area contributed by atoms with Crippen molar-refractivity contribution in [2.24, 2.45) is 0 Å². The van der Waals surface area contributed by atoms with E-state index in [-0.39, 0.29) is 24.9 Å². The van der Waals surface area contributed by atoms with Crippen molar-refractivity contribution in [1.82, 2.24) is 20.1 Å². The number of aryl methyl sites for hydroxylation is 1. The van der Waals surface area contributed by atoms with Gasteiger partial charge in [0.15, 0.2) is 11.7 Å². The van der Waals surface area contributed by atoms with Gasteiger partial charge in [-0.1, -0.05) is 35.3 Å². The molecule has 4 rings (SSSR count). The molecule has 4 aromatic rings. The molecule has 9 heteroatoms. The molecule has 0 radical (unpaired) electrons. The number of carbonyl (C=O) groups is 1. The summed E-state index contributed by atoms with van der Waals surface area (Å²) in [5.74, 6) is 1.73. The van der Waals surface area contributed by atoms with Crippen molar-refractivity contribution in [3.05, 3.63) is 76.6 Å². The fourth-order valence-electron chi connectivity index (χ4n) is 3.30. The third kappa shape index (κ3) is 5.61. The number of nitrogens with zero attached hydrogens (tertiary/aromatic N) is 4. The number of aromatic nitrogens is 3. The fourth-order valence-corrected chi connectivity index (χ4v) is 3.65. The standard InChI is InChI=1S/C24H22Cl2N4O3/c1-15(2)30(14-22-28-29-24(33-22)16-7-9-17(25)10-8-16)23(31)12-11-21-27-13-20(32-21)18-5-3-4-6-19(18)26/h3-10,13,15H,11-12,14H2,1-2H3. The summed E-state index contributed by atoms with van der Waals surface area (Å²) < 4.78 is 11.6. The van der Waals surface area contributed by atoms with E-state index >= 15 is 0 Å². The molecule has 2 heterocycles. The molecule has 0 unspecified atom stereocenters. The molecule has 0 saturated heterocycles. The highest BCUT2D eigenvalue weighted by Gasteiger charge is 2.21. The Balaban J connectivity index is 1.39. The van der Waals surface area contributed by atoms with Gasteiger partial charge in [0.1, 0.15) is 0 Å². The van der Waals surface area contributed by atoms with Crippen LogP contribution in [0.5, 0.6) is 0 Å². The Bertz CT molecular complexity index is 1230. The highest BCUT2D eigenvalue weighted by molar-refractivity contribution is 6.33. The van der Waals surface area contributed by atoms with Crippen LogP contribution in [0.4, 0.5) is 0 Å². The maximum Gasteiger partial charge on any atom is 0.247 e. The van der Waals surface area contributed by atoms with Crippen LogP contribution in [-0.2, 0) is 17.8 Å². The minimum Gasteiger partial charge on any atom is -0.441 e. The summed E-state index contributed by atoms with van der Waals surface area (Å²) in [4.78, 5) is 18.9. The Kier molecular flexibility index (Phi) is 7.11. The summed E-state index contributed by atoms with van der Waals surface area (Å²) >= 11 is 12.2. The first-order valence-electron chi connectivity index (χ1n) is 10.5. The number of amides is 1. The Hall–Kier alpha value is -3.16. The Morgan fingerprint density at radius 2 is 1.76 bits per heavy atom. The molecular formula is C24H22Cl2N4O3. The third-order valence-electron chi connectivity index (χ3n) is 5.05. The second-order valence-corrected chi connectivity index (χ2v) is 8.56. The first kappa shape index (κ1) is 23.0. The van der Waals surface area contributed by atoms with Crippen LogP contribution in [0.25, 0.3) is 22.8 Å². The van der Waals surface area contributed by atoms with Crippen LogP contribution in [0.15, 0.2) is 63.6 Å². The summed E-state index contributed by atoms with van der Waals surface area (Å²) in [7, 11) is 0. The molecule has 1 amide bonds. The zero-order valence-corrected chi connectivity index (χ0v) is 19.7. The molecule has 2 aromatic carbocycles. The highest BCUT2D eigenvalue weighted by atomic mass is 35.5. The van der Waals surface area contributed by atoms with Crippen LogP contribution in [0.1, 0.15) is 32.0 Å². The molecule has 7 nitrogen and oxygen atoms in total. The van der Waals surface area contributed by atoms with Gasteiger partial charge in [-0.15, -0.1) is 10.2 Å². The van der Waals surface area contributed by atoms with Crippen LogP contribution < -0.4 is 0 Å². The van der Waals surface area contributed by atoms with Gasteiger partial charge in [0, 0.05) is 35.0 Å². The molecule has 0 aliphatic rings. The fraction of sp³-hybridized carbons (Fsp3) is 0.250. The van der Waals surface area contributed by atoms with Crippen LogP contribution in [0, 0.1) is 0 Å². The quantitative estimate of drug-likeness (QED) is 0.301. The summed E-state index contributed by atoms with van der Waals surface area (Å²) in [5, 5.41) is 9.39. The van der Waals surface area contributed by atoms with Crippen LogP contribution in [-0.4, -0.2) is 32.0 Å². The van der Waals surface area contributed by atoms with Crippen molar-refractivity contribution in [3.63, 3.8) is 0 Å². The van der Waals surface area contributed by atoms with Crippen molar-refractivity contribution < 1.29 is 13.6 Å². The molecule has 0 N–H and O–H groups in total. The number of rotatable bonds is 8. The van der Waals surface area contributed by atoms with Crippen LogP contribution in [0.2, 0.25) is 10.0 Å². The predicted molar refractivity (Wildman–Crippen MR) is 126 cm³/mol. The first-order chi connectivity index (χ1) is 15.9. The van der Waals surface area contributed by atoms with E-state index in [0.29, 0.717) is 39.9 Å². The lowest BCUT2D eigenvalue weighted by Gasteiger charge is -2.25. The molecule has 0 saturated carbocycles. The molecule has 0 aliphatic carbocycles. The van der Waals surface area contributed by atoms with E-state index in [1.807, 2.05) is 32.0 Å². The van der Waals surface area contributed by atoms with Crippen LogP contribution in [0.3, 0.4) is 0 Å². The maximum atomic E-state index is 12.9. The van der Waals surface area contributed by atoms with Crippen molar-refractivity contribution >= 4 is 29.1 Å². The Morgan fingerprint density at radius 3 is 2.48 bits per heavy atom. The van der Waals surface area contributed by atoms with E-state index in [1.165, 1.54) is 0 Å². The van der Waals surface area contributed by atoms with Gasteiger partial charge in [0.2, 0.25) is 17.7 Å². The summed E-state index contributed by atoms with van der Waals surface area (Å²) in [6, 6.07) is 14.4. The molecule has 0 bridgehead atoms. The molecule has 33 heavy (non-hydrogen) atoms. The number of hydrogen-bond acceptors (Lipinski definition) is 6. The van der Waals surface area contributed by atoms with E-state index in [0.717, 1.165) is 11.1 Å². The molecule has 0 aliphatic heterocycles. The number of oxazole rings is 1. The van der Waals surface area contributed by atoms with Gasteiger partial charge >= 0.3 is 0 Å². The van der Waals surface area contributed by atoms with Crippen LogP contribution >= 0.6 is 23.2 Å². The van der Waals surface area contributed by atoms with Crippen molar-refractivity contribution in [1.29, 1.82) is 0 Å². The predicted octanol–water partition coefficient (Wildman–Crippen LogP) is 6.07. The van der Waals surface area contributed by atoms with Crippen molar-refractivity contribution in [2.45, 2.75) is 39.3 Å². The van der Waals surface area contributed by atoms with Crippen molar-refractivity contribution in [2.75, 3.05) is 0 Å². The lowest BCUT2D eigenvalue weighted by Crippen LogP contribution is -2.36. The SMILES string of the molecule is CC(C)N(Cc1nnc(-c2ccc(Cl)cc2)o1)C(=O)CCc1ncc(-c2ccccc2Cl)o1.